The summed E-state index contributed by atoms with van der Waals surface area (Å²) in [6, 6.07) is 0.404. The van der Waals surface area contributed by atoms with Crippen molar-refractivity contribution in [3.05, 3.63) is 0 Å². The molecule has 2 amide bonds. The van der Waals surface area contributed by atoms with Crippen molar-refractivity contribution in [2.45, 2.75) is 76.2 Å². The van der Waals surface area contributed by atoms with Gasteiger partial charge in [0.2, 0.25) is 5.91 Å². The Hall–Kier alpha value is -1.34. The number of nitrogens with zero attached hydrogens (tertiary/aromatic N) is 2. The van der Waals surface area contributed by atoms with Gasteiger partial charge in [0.15, 0.2) is 0 Å². The fourth-order valence-corrected chi connectivity index (χ4v) is 4.51. The van der Waals surface area contributed by atoms with Crippen LogP contribution in [0.2, 0.25) is 0 Å². The minimum Gasteiger partial charge on any atom is -0.444 e. The van der Waals surface area contributed by atoms with Crippen molar-refractivity contribution in [2.75, 3.05) is 26.2 Å². The van der Waals surface area contributed by atoms with Gasteiger partial charge < -0.3 is 20.1 Å². The summed E-state index contributed by atoms with van der Waals surface area (Å²) >= 11 is 0. The number of amides is 2. The van der Waals surface area contributed by atoms with Crippen LogP contribution in [0.15, 0.2) is 0 Å². The van der Waals surface area contributed by atoms with E-state index in [9.17, 15) is 9.59 Å². The van der Waals surface area contributed by atoms with Crippen LogP contribution < -0.4 is 5.73 Å². The lowest BCUT2D eigenvalue weighted by molar-refractivity contribution is -0.134. The van der Waals surface area contributed by atoms with Crippen molar-refractivity contribution in [3.8, 4) is 0 Å². The van der Waals surface area contributed by atoms with Crippen molar-refractivity contribution < 1.29 is 19.1 Å². The number of primary amides is 1. The molecule has 0 aromatic carbocycles. The molecule has 3 heterocycles. The third-order valence-electron chi connectivity index (χ3n) is 5.66. The van der Waals surface area contributed by atoms with E-state index in [-0.39, 0.29) is 18.1 Å². The number of ether oxygens (including phenoxy) is 2. The molecular formula is C18H31N3O4. The first-order valence-electron chi connectivity index (χ1n) is 9.37. The van der Waals surface area contributed by atoms with Crippen LogP contribution in [0.5, 0.6) is 0 Å². The summed E-state index contributed by atoms with van der Waals surface area (Å²) in [5.74, 6) is -0.213. The maximum atomic E-state index is 12.3. The van der Waals surface area contributed by atoms with Crippen LogP contribution in [0, 0.1) is 0 Å². The predicted molar refractivity (Wildman–Crippen MR) is 93.1 cm³/mol. The van der Waals surface area contributed by atoms with Gasteiger partial charge in [-0.15, -0.1) is 0 Å². The van der Waals surface area contributed by atoms with Crippen LogP contribution in [0.1, 0.15) is 52.9 Å². The zero-order valence-electron chi connectivity index (χ0n) is 15.6. The molecule has 3 aliphatic heterocycles. The second kappa shape index (κ2) is 6.76. The molecule has 3 fully saturated rings. The van der Waals surface area contributed by atoms with E-state index >= 15 is 0 Å². The zero-order chi connectivity index (χ0) is 18.2. The van der Waals surface area contributed by atoms with E-state index in [4.69, 9.17) is 15.2 Å². The normalized spacial score (nSPS) is 33.3. The van der Waals surface area contributed by atoms with Crippen molar-refractivity contribution in [1.82, 2.24) is 9.80 Å². The Morgan fingerprint density at radius 1 is 1.28 bits per heavy atom. The summed E-state index contributed by atoms with van der Waals surface area (Å²) in [6.07, 6.45) is 4.45. The van der Waals surface area contributed by atoms with E-state index in [1.165, 1.54) is 0 Å². The van der Waals surface area contributed by atoms with E-state index < -0.39 is 11.1 Å². The number of rotatable bonds is 3. The van der Waals surface area contributed by atoms with Crippen molar-refractivity contribution in [1.29, 1.82) is 0 Å². The monoisotopic (exact) mass is 353 g/mol. The van der Waals surface area contributed by atoms with Gasteiger partial charge in [-0.1, -0.05) is 0 Å². The highest BCUT2D eigenvalue weighted by Crippen LogP contribution is 2.44. The lowest BCUT2D eigenvalue weighted by Crippen LogP contribution is -2.61. The van der Waals surface area contributed by atoms with Crippen molar-refractivity contribution >= 4 is 12.0 Å². The molecule has 0 radical (unpaired) electrons. The molecule has 1 unspecified atom stereocenters. The number of hydrogen-bond donors (Lipinski definition) is 1. The van der Waals surface area contributed by atoms with Gasteiger partial charge in [0, 0.05) is 19.1 Å². The second-order valence-electron chi connectivity index (χ2n) is 8.55. The number of nitrogens with two attached hydrogens (primary N) is 1. The molecule has 0 aliphatic carbocycles. The smallest absolute Gasteiger partial charge is 0.410 e. The van der Waals surface area contributed by atoms with Gasteiger partial charge in [-0.05, 0) is 52.9 Å². The molecular weight excluding hydrogens is 322 g/mol. The summed E-state index contributed by atoms with van der Waals surface area (Å²) in [6.45, 7) is 7.77. The molecule has 3 rings (SSSR count). The summed E-state index contributed by atoms with van der Waals surface area (Å²) in [5.41, 5.74) is 4.75. The van der Waals surface area contributed by atoms with Crippen LogP contribution in [-0.4, -0.2) is 71.3 Å². The van der Waals surface area contributed by atoms with Gasteiger partial charge in [-0.3, -0.25) is 9.69 Å². The molecule has 7 nitrogen and oxygen atoms in total. The molecule has 142 valence electrons. The van der Waals surface area contributed by atoms with Crippen LogP contribution in [-0.2, 0) is 14.3 Å². The SMILES string of the molecule is CC(C)(C)OC(=O)N1CCOC(CN2[C@@H]3CCC[C@@]2(C(N)=O)CC3)C1. The van der Waals surface area contributed by atoms with Gasteiger partial charge in [-0.25, -0.2) is 4.79 Å². The van der Waals surface area contributed by atoms with Crippen LogP contribution >= 0.6 is 0 Å². The summed E-state index contributed by atoms with van der Waals surface area (Å²) in [5, 5.41) is 0. The van der Waals surface area contributed by atoms with Crippen molar-refractivity contribution in [3.63, 3.8) is 0 Å². The Morgan fingerprint density at radius 2 is 2.04 bits per heavy atom. The van der Waals surface area contributed by atoms with Gasteiger partial charge >= 0.3 is 6.09 Å². The molecule has 0 aromatic rings. The zero-order valence-corrected chi connectivity index (χ0v) is 15.6. The minimum absolute atomic E-state index is 0.112. The molecule has 2 bridgehead atoms. The lowest BCUT2D eigenvalue weighted by atomic mass is 9.87. The van der Waals surface area contributed by atoms with Crippen LogP contribution in [0.25, 0.3) is 0 Å². The topological polar surface area (TPSA) is 85.1 Å². The summed E-state index contributed by atoms with van der Waals surface area (Å²) < 4.78 is 11.4. The Balaban J connectivity index is 1.64. The highest BCUT2D eigenvalue weighted by molar-refractivity contribution is 5.85. The fourth-order valence-electron chi connectivity index (χ4n) is 4.51. The average Bonchev–Trinajstić information content (AvgIpc) is 2.73. The molecule has 0 spiro atoms. The third-order valence-corrected chi connectivity index (χ3v) is 5.66. The average molecular weight is 353 g/mol. The lowest BCUT2D eigenvalue weighted by Gasteiger charge is -2.45. The number of fused-ring (bicyclic) bond motifs is 2. The second-order valence-corrected chi connectivity index (χ2v) is 8.55. The van der Waals surface area contributed by atoms with E-state index in [2.05, 4.69) is 4.90 Å². The molecule has 0 saturated carbocycles. The van der Waals surface area contributed by atoms with Crippen LogP contribution in [0.4, 0.5) is 4.79 Å². The molecule has 3 atom stereocenters. The highest BCUT2D eigenvalue weighted by atomic mass is 16.6. The molecule has 3 aliphatic rings. The molecule has 2 N–H and O–H groups in total. The Kier molecular flexibility index (Phi) is 4.99. The Morgan fingerprint density at radius 3 is 2.72 bits per heavy atom. The highest BCUT2D eigenvalue weighted by Gasteiger charge is 2.53. The fraction of sp³-hybridized carbons (Fsp3) is 0.889. The van der Waals surface area contributed by atoms with Gasteiger partial charge in [0.25, 0.3) is 0 Å². The first-order chi connectivity index (χ1) is 11.7. The first-order valence-corrected chi connectivity index (χ1v) is 9.37. The van der Waals surface area contributed by atoms with Gasteiger partial charge in [-0.2, -0.15) is 0 Å². The van der Waals surface area contributed by atoms with Gasteiger partial charge in [0.1, 0.15) is 11.1 Å². The molecule has 0 aromatic heterocycles. The van der Waals surface area contributed by atoms with Crippen molar-refractivity contribution in [2.24, 2.45) is 5.73 Å². The Bertz CT molecular complexity index is 529. The van der Waals surface area contributed by atoms with Crippen LogP contribution in [0.3, 0.4) is 0 Å². The number of morpholine rings is 1. The van der Waals surface area contributed by atoms with E-state index in [1.54, 1.807) is 4.90 Å². The summed E-state index contributed by atoms with van der Waals surface area (Å²) in [4.78, 5) is 28.5. The number of carbonyl (C=O) groups is 2. The largest absolute Gasteiger partial charge is 0.444 e. The number of piperidine rings is 1. The standard InChI is InChI=1S/C18H31N3O4/c1-17(2,3)25-16(23)20-9-10-24-14(11-20)12-21-13-5-4-7-18(21,8-6-13)15(19)22/h13-14H,4-12H2,1-3H3,(H2,19,22)/t13-,14?,18+/m1/s1. The molecule has 3 saturated heterocycles. The number of hydrogen-bond acceptors (Lipinski definition) is 5. The summed E-state index contributed by atoms with van der Waals surface area (Å²) in [7, 11) is 0. The quantitative estimate of drug-likeness (QED) is 0.831. The van der Waals surface area contributed by atoms with E-state index in [0.717, 1.165) is 32.1 Å². The Labute approximate surface area is 149 Å². The third kappa shape index (κ3) is 3.77. The molecule has 25 heavy (non-hydrogen) atoms. The first kappa shape index (κ1) is 18.5. The van der Waals surface area contributed by atoms with E-state index in [1.807, 2.05) is 20.8 Å². The minimum atomic E-state index is -0.513. The van der Waals surface area contributed by atoms with Gasteiger partial charge in [0.05, 0.1) is 19.3 Å². The number of carbonyl (C=O) groups excluding carboxylic acids is 2. The predicted octanol–water partition coefficient (Wildman–Crippen LogP) is 1.49. The molecule has 7 heteroatoms. The maximum Gasteiger partial charge on any atom is 0.410 e. The van der Waals surface area contributed by atoms with E-state index in [0.29, 0.717) is 32.3 Å². The maximum absolute atomic E-state index is 12.3.